The second-order valence-corrected chi connectivity index (χ2v) is 10.3. The Morgan fingerprint density at radius 2 is 1.88 bits per heavy atom. The van der Waals surface area contributed by atoms with Gasteiger partial charge in [0.15, 0.2) is 0 Å². The zero-order chi connectivity index (χ0) is 27.8. The first-order chi connectivity index (χ1) is 19.4. The van der Waals surface area contributed by atoms with Crippen molar-refractivity contribution in [2.75, 3.05) is 5.32 Å². The van der Waals surface area contributed by atoms with Crippen LogP contribution in [0.15, 0.2) is 88.7 Å². The minimum atomic E-state index is -0.365. The third kappa shape index (κ3) is 4.78. The van der Waals surface area contributed by atoms with Gasteiger partial charge in [-0.1, -0.05) is 36.4 Å². The fourth-order valence-electron chi connectivity index (χ4n) is 5.13. The number of pyridine rings is 2. The minimum Gasteiger partial charge on any atom is -0.371 e. The highest BCUT2D eigenvalue weighted by atomic mass is 16.1. The van der Waals surface area contributed by atoms with Gasteiger partial charge in [0.05, 0.1) is 18.0 Å². The fraction of sp³-hybridized carbons (Fsp3) is 0.219. The van der Waals surface area contributed by atoms with Crippen molar-refractivity contribution in [3.8, 4) is 16.8 Å². The van der Waals surface area contributed by atoms with E-state index in [0.29, 0.717) is 35.2 Å². The molecule has 40 heavy (non-hydrogen) atoms. The molecule has 0 bridgehead atoms. The molecule has 2 aromatic carbocycles. The van der Waals surface area contributed by atoms with Crippen LogP contribution in [-0.4, -0.2) is 19.1 Å². The number of hydrogen-bond acceptors (Lipinski definition) is 5. The second kappa shape index (κ2) is 10.3. The molecule has 0 radical (unpaired) electrons. The Bertz CT molecular complexity index is 1900. The van der Waals surface area contributed by atoms with Crippen LogP contribution in [0.5, 0.6) is 0 Å². The molecule has 1 N–H and O–H groups in total. The highest BCUT2D eigenvalue weighted by Crippen LogP contribution is 2.33. The van der Waals surface area contributed by atoms with E-state index in [4.69, 9.17) is 6.57 Å². The summed E-state index contributed by atoms with van der Waals surface area (Å²) in [6.45, 7) is 11.9. The maximum atomic E-state index is 14.4. The van der Waals surface area contributed by atoms with Gasteiger partial charge in [0.1, 0.15) is 11.6 Å². The normalized spacial score (nSPS) is 13.6. The lowest BCUT2D eigenvalue weighted by atomic mass is 9.98. The van der Waals surface area contributed by atoms with Crippen molar-refractivity contribution in [3.63, 3.8) is 0 Å². The number of aromatic nitrogens is 4. The molecular formula is C32H28N6O2. The topological polar surface area (TPSA) is 86.2 Å². The number of hydrogen-bond donors (Lipinski definition) is 1. The van der Waals surface area contributed by atoms with Crippen molar-refractivity contribution in [1.82, 2.24) is 19.1 Å². The lowest BCUT2D eigenvalue weighted by molar-refractivity contribution is 0.607. The Morgan fingerprint density at radius 3 is 2.62 bits per heavy atom. The zero-order valence-electron chi connectivity index (χ0n) is 22.3. The smallest absolute Gasteiger partial charge is 0.263 e. The number of benzene rings is 2. The van der Waals surface area contributed by atoms with Crippen molar-refractivity contribution in [3.05, 3.63) is 123 Å². The lowest BCUT2D eigenvalue weighted by Gasteiger charge is -2.22. The van der Waals surface area contributed by atoms with Crippen molar-refractivity contribution in [2.45, 2.75) is 39.3 Å². The first-order valence-corrected chi connectivity index (χ1v) is 13.4. The van der Waals surface area contributed by atoms with E-state index in [2.05, 4.69) is 20.1 Å². The highest BCUT2D eigenvalue weighted by molar-refractivity contribution is 5.96. The summed E-state index contributed by atoms with van der Waals surface area (Å²) >= 11 is 0. The Labute approximate surface area is 231 Å². The van der Waals surface area contributed by atoms with Gasteiger partial charge in [-0.3, -0.25) is 19.1 Å². The monoisotopic (exact) mass is 528 g/mol. The summed E-state index contributed by atoms with van der Waals surface area (Å²) in [4.78, 5) is 39.1. The maximum absolute atomic E-state index is 14.4. The summed E-state index contributed by atoms with van der Waals surface area (Å²) in [5.41, 5.74) is 3.20. The Kier molecular flexibility index (Phi) is 6.48. The molecule has 3 aromatic heterocycles. The van der Waals surface area contributed by atoms with Gasteiger partial charge in [-0.25, -0.2) is 9.83 Å². The second-order valence-electron chi connectivity index (χ2n) is 10.3. The minimum absolute atomic E-state index is 0.0292. The van der Waals surface area contributed by atoms with Crippen LogP contribution in [-0.2, 0) is 6.54 Å². The van der Waals surface area contributed by atoms with Crippen molar-refractivity contribution < 1.29 is 0 Å². The van der Waals surface area contributed by atoms with Crippen molar-refractivity contribution in [2.24, 2.45) is 5.92 Å². The van der Waals surface area contributed by atoms with Crippen LogP contribution in [0, 0.1) is 19.4 Å². The fourth-order valence-corrected chi connectivity index (χ4v) is 5.13. The Morgan fingerprint density at radius 1 is 1.07 bits per heavy atom. The van der Waals surface area contributed by atoms with E-state index >= 15 is 0 Å². The van der Waals surface area contributed by atoms with Gasteiger partial charge in [0, 0.05) is 36.4 Å². The van der Waals surface area contributed by atoms with Gasteiger partial charge >= 0.3 is 0 Å². The molecule has 8 heteroatoms. The molecule has 1 aliphatic carbocycles. The maximum Gasteiger partial charge on any atom is 0.263 e. The van der Waals surface area contributed by atoms with E-state index in [9.17, 15) is 9.59 Å². The molecule has 0 saturated heterocycles. The summed E-state index contributed by atoms with van der Waals surface area (Å²) in [5, 5.41) is 4.72. The van der Waals surface area contributed by atoms with Crippen LogP contribution in [0.3, 0.4) is 0 Å². The molecule has 198 valence electrons. The average molecular weight is 529 g/mol. The molecule has 1 fully saturated rings. The average Bonchev–Trinajstić information content (AvgIpc) is 3.78. The standard InChI is InChI=1S/C32H28N6O2/c1-20(35-31-27(33-3)17-34-21(2)36-31)28-16-23-8-7-11-26(24-14-15-29(39)37(19-24)18-22-12-13-22)30(23)32(40)38(28)25-9-5-4-6-10-25/h4-11,14-17,19-20,22H,12-13,18H2,1-2H3,(H,34,35,36)/t20-/m0/s1. The molecule has 1 atom stereocenters. The van der Waals surface area contributed by atoms with Gasteiger partial charge in [0.2, 0.25) is 5.69 Å². The lowest BCUT2D eigenvalue weighted by Crippen LogP contribution is -2.26. The van der Waals surface area contributed by atoms with Gasteiger partial charge in [-0.15, -0.1) is 0 Å². The first-order valence-electron chi connectivity index (χ1n) is 13.4. The summed E-state index contributed by atoms with van der Waals surface area (Å²) in [7, 11) is 0. The molecule has 0 spiro atoms. The number of fused-ring (bicyclic) bond motifs is 1. The molecule has 5 aromatic rings. The SMILES string of the molecule is [C-]#[N+]c1cnc(C)nc1N[C@@H](C)c1cc2cccc(-c3ccc(=O)n(CC4CC4)c3)c2c(=O)n1-c1ccccc1. The van der Waals surface area contributed by atoms with Crippen LogP contribution in [0.4, 0.5) is 11.5 Å². The van der Waals surface area contributed by atoms with Crippen LogP contribution in [0.1, 0.15) is 37.3 Å². The number of rotatable bonds is 7. The zero-order valence-corrected chi connectivity index (χ0v) is 22.3. The van der Waals surface area contributed by atoms with Crippen LogP contribution >= 0.6 is 0 Å². The number of nitrogens with one attached hydrogen (secondary N) is 1. The van der Waals surface area contributed by atoms with E-state index in [-0.39, 0.29) is 17.2 Å². The van der Waals surface area contributed by atoms with Crippen LogP contribution in [0.2, 0.25) is 0 Å². The van der Waals surface area contributed by atoms with Crippen molar-refractivity contribution in [1.29, 1.82) is 0 Å². The van der Waals surface area contributed by atoms with Gasteiger partial charge in [-0.05, 0) is 73.4 Å². The van der Waals surface area contributed by atoms with E-state index in [0.717, 1.165) is 40.7 Å². The summed E-state index contributed by atoms with van der Waals surface area (Å²) < 4.78 is 3.48. The van der Waals surface area contributed by atoms with Crippen molar-refractivity contribution >= 4 is 22.3 Å². The third-order valence-corrected chi connectivity index (χ3v) is 7.34. The van der Waals surface area contributed by atoms with Crippen LogP contribution < -0.4 is 16.4 Å². The van der Waals surface area contributed by atoms with Crippen LogP contribution in [0.25, 0.3) is 32.4 Å². The molecule has 3 heterocycles. The Balaban J connectivity index is 1.54. The molecule has 0 amide bonds. The number of anilines is 1. The van der Waals surface area contributed by atoms with E-state index in [1.807, 2.05) is 67.7 Å². The summed E-state index contributed by atoms with van der Waals surface area (Å²) in [5.74, 6) is 1.52. The predicted molar refractivity (Wildman–Crippen MR) is 157 cm³/mol. The van der Waals surface area contributed by atoms with E-state index < -0.39 is 0 Å². The largest absolute Gasteiger partial charge is 0.371 e. The van der Waals surface area contributed by atoms with Gasteiger partial charge in [0.25, 0.3) is 11.1 Å². The number of aryl methyl sites for hydroxylation is 1. The molecule has 0 aliphatic heterocycles. The first kappa shape index (κ1) is 25.3. The van der Waals surface area contributed by atoms with E-state index in [1.54, 1.807) is 28.2 Å². The molecule has 1 aliphatic rings. The molecule has 6 rings (SSSR count). The summed E-state index contributed by atoms with van der Waals surface area (Å²) in [6.07, 6.45) is 5.68. The Hall–Kier alpha value is -5.03. The number of nitrogens with zero attached hydrogens (tertiary/aromatic N) is 5. The number of para-hydroxylation sites is 1. The highest BCUT2D eigenvalue weighted by Gasteiger charge is 2.23. The van der Waals surface area contributed by atoms with Gasteiger partial charge in [-0.2, -0.15) is 0 Å². The third-order valence-electron chi connectivity index (χ3n) is 7.34. The van der Waals surface area contributed by atoms with Gasteiger partial charge < -0.3 is 9.88 Å². The molecule has 1 saturated carbocycles. The molecule has 8 nitrogen and oxygen atoms in total. The predicted octanol–water partition coefficient (Wildman–Crippen LogP) is 6.05. The molecular weight excluding hydrogens is 500 g/mol. The summed E-state index contributed by atoms with van der Waals surface area (Å²) in [6, 6.07) is 20.4. The van der Waals surface area contributed by atoms with E-state index in [1.165, 1.54) is 6.20 Å². The molecule has 0 unspecified atom stereocenters. The quantitative estimate of drug-likeness (QED) is 0.260.